The number of rotatable bonds is 4. The molecule has 4 aromatic rings. The van der Waals surface area contributed by atoms with Crippen LogP contribution in [0.5, 0.6) is 0 Å². The van der Waals surface area contributed by atoms with E-state index in [4.69, 9.17) is 0 Å². The molecular formula is C18H13FN4OS2. The molecule has 0 aliphatic rings. The number of carbonyl (C=O) groups is 1. The fourth-order valence-corrected chi connectivity index (χ4v) is 3.97. The maximum absolute atomic E-state index is 13.0. The van der Waals surface area contributed by atoms with Gasteiger partial charge in [0.2, 0.25) is 5.13 Å². The summed E-state index contributed by atoms with van der Waals surface area (Å²) in [5.41, 5.74) is 2.01. The van der Waals surface area contributed by atoms with Crippen molar-refractivity contribution in [2.24, 2.45) is 0 Å². The highest BCUT2D eigenvalue weighted by Gasteiger charge is 2.15. The topological polar surface area (TPSA) is 59.8 Å². The monoisotopic (exact) mass is 384 g/mol. The second-order valence-corrected chi connectivity index (χ2v) is 7.32. The summed E-state index contributed by atoms with van der Waals surface area (Å²) < 4.78 is 14.6. The average Bonchev–Trinajstić information content (AvgIpc) is 3.35. The Bertz CT molecular complexity index is 1050. The Labute approximate surface area is 156 Å². The summed E-state index contributed by atoms with van der Waals surface area (Å²) in [7, 11) is 0. The molecule has 26 heavy (non-hydrogen) atoms. The minimum Gasteiger partial charge on any atom is -0.306 e. The SMILES string of the molecule is Cc1cc(NC(=O)c2ccc(F)cc2)n(-c2nc(-c3cccs3)cs2)n1. The third-order valence-corrected chi connectivity index (χ3v) is 5.33. The average molecular weight is 384 g/mol. The predicted molar refractivity (Wildman–Crippen MR) is 102 cm³/mol. The molecule has 0 aliphatic heterocycles. The Balaban J connectivity index is 1.63. The summed E-state index contributed by atoms with van der Waals surface area (Å²) in [6, 6.07) is 11.2. The molecule has 0 radical (unpaired) electrons. The van der Waals surface area contributed by atoms with Gasteiger partial charge in [0.05, 0.1) is 16.3 Å². The van der Waals surface area contributed by atoms with Crippen LogP contribution in [0.15, 0.2) is 53.2 Å². The summed E-state index contributed by atoms with van der Waals surface area (Å²) in [6.45, 7) is 1.85. The van der Waals surface area contributed by atoms with Gasteiger partial charge >= 0.3 is 0 Å². The molecule has 0 bridgehead atoms. The Morgan fingerprint density at radius 1 is 1.19 bits per heavy atom. The summed E-state index contributed by atoms with van der Waals surface area (Å²) >= 11 is 3.07. The molecule has 1 aromatic carbocycles. The van der Waals surface area contributed by atoms with Gasteiger partial charge in [-0.15, -0.1) is 22.7 Å². The smallest absolute Gasteiger partial charge is 0.256 e. The zero-order valence-electron chi connectivity index (χ0n) is 13.6. The normalized spacial score (nSPS) is 10.8. The minimum absolute atomic E-state index is 0.332. The fraction of sp³-hybridized carbons (Fsp3) is 0.0556. The first-order valence-corrected chi connectivity index (χ1v) is 9.49. The van der Waals surface area contributed by atoms with E-state index in [0.717, 1.165) is 16.3 Å². The Morgan fingerprint density at radius 3 is 2.73 bits per heavy atom. The van der Waals surface area contributed by atoms with Crippen molar-refractivity contribution < 1.29 is 9.18 Å². The van der Waals surface area contributed by atoms with Gasteiger partial charge in [-0.25, -0.2) is 9.37 Å². The molecule has 3 heterocycles. The quantitative estimate of drug-likeness (QED) is 0.552. The number of carbonyl (C=O) groups excluding carboxylic acids is 1. The van der Waals surface area contributed by atoms with Crippen molar-refractivity contribution >= 4 is 34.4 Å². The first-order chi connectivity index (χ1) is 12.6. The summed E-state index contributed by atoms with van der Waals surface area (Å²) in [5, 5.41) is 11.9. The first-order valence-electron chi connectivity index (χ1n) is 7.73. The van der Waals surface area contributed by atoms with Gasteiger partial charge in [0.25, 0.3) is 5.91 Å². The number of aromatic nitrogens is 3. The highest BCUT2D eigenvalue weighted by Crippen LogP contribution is 2.29. The van der Waals surface area contributed by atoms with Gasteiger partial charge in [-0.2, -0.15) is 9.78 Å². The maximum atomic E-state index is 13.0. The van der Waals surface area contributed by atoms with Gasteiger partial charge in [0, 0.05) is 17.0 Å². The van der Waals surface area contributed by atoms with Gasteiger partial charge < -0.3 is 5.32 Å². The van der Waals surface area contributed by atoms with E-state index < -0.39 is 0 Å². The number of thiophene rings is 1. The second kappa shape index (κ2) is 6.81. The molecule has 0 saturated carbocycles. The number of nitrogens with one attached hydrogen (secondary N) is 1. The van der Waals surface area contributed by atoms with Crippen molar-refractivity contribution in [3.05, 3.63) is 70.3 Å². The van der Waals surface area contributed by atoms with Gasteiger partial charge in [-0.1, -0.05) is 6.07 Å². The molecule has 0 saturated heterocycles. The standard InChI is InChI=1S/C18H13FN4OS2/c1-11-9-16(21-17(24)12-4-6-13(19)7-5-12)23(22-11)18-20-14(10-26-18)15-3-2-8-25-15/h2-10H,1H3,(H,21,24). The van der Waals surface area contributed by atoms with E-state index in [2.05, 4.69) is 15.4 Å². The third kappa shape index (κ3) is 3.29. The number of benzene rings is 1. The second-order valence-electron chi connectivity index (χ2n) is 5.54. The number of hydrogen-bond donors (Lipinski definition) is 1. The zero-order valence-corrected chi connectivity index (χ0v) is 15.3. The van der Waals surface area contributed by atoms with E-state index in [0.29, 0.717) is 16.5 Å². The molecule has 0 atom stereocenters. The highest BCUT2D eigenvalue weighted by molar-refractivity contribution is 7.15. The van der Waals surface area contributed by atoms with Crippen LogP contribution in [-0.4, -0.2) is 20.7 Å². The Morgan fingerprint density at radius 2 is 2.00 bits per heavy atom. The summed E-state index contributed by atoms with van der Waals surface area (Å²) in [5.74, 6) is -0.198. The fourth-order valence-electron chi connectivity index (χ4n) is 2.42. The molecule has 1 amide bonds. The number of thiazole rings is 1. The van der Waals surface area contributed by atoms with E-state index in [1.807, 2.05) is 29.8 Å². The molecule has 0 fully saturated rings. The van der Waals surface area contributed by atoms with Crippen molar-refractivity contribution in [1.29, 1.82) is 0 Å². The molecule has 0 aliphatic carbocycles. The number of nitrogens with zero attached hydrogens (tertiary/aromatic N) is 3. The molecule has 8 heteroatoms. The third-order valence-electron chi connectivity index (χ3n) is 3.63. The lowest BCUT2D eigenvalue weighted by molar-refractivity contribution is 0.102. The van der Waals surface area contributed by atoms with Gasteiger partial charge in [-0.05, 0) is 42.6 Å². The lowest BCUT2D eigenvalue weighted by Gasteiger charge is -2.06. The predicted octanol–water partition coefficient (Wildman–Crippen LogP) is 4.76. The van der Waals surface area contributed by atoms with Crippen LogP contribution in [0, 0.1) is 12.7 Å². The van der Waals surface area contributed by atoms with Crippen molar-refractivity contribution in [2.45, 2.75) is 6.92 Å². The number of aryl methyl sites for hydroxylation is 1. The van der Waals surface area contributed by atoms with Crippen molar-refractivity contribution in [3.8, 4) is 15.7 Å². The molecule has 5 nitrogen and oxygen atoms in total. The molecule has 130 valence electrons. The van der Waals surface area contributed by atoms with E-state index in [1.165, 1.54) is 35.6 Å². The van der Waals surface area contributed by atoms with Crippen LogP contribution in [0.1, 0.15) is 16.1 Å². The molecule has 0 unspecified atom stereocenters. The van der Waals surface area contributed by atoms with Gasteiger partial charge in [0.1, 0.15) is 11.6 Å². The van der Waals surface area contributed by atoms with Crippen LogP contribution >= 0.6 is 22.7 Å². The Kier molecular flexibility index (Phi) is 4.36. The highest BCUT2D eigenvalue weighted by atomic mass is 32.1. The van der Waals surface area contributed by atoms with Gasteiger partial charge in [0.15, 0.2) is 0 Å². The van der Waals surface area contributed by atoms with Crippen LogP contribution in [0.2, 0.25) is 0 Å². The summed E-state index contributed by atoms with van der Waals surface area (Å²) in [4.78, 5) is 18.1. The van der Waals surface area contributed by atoms with Crippen LogP contribution in [0.3, 0.4) is 0 Å². The molecule has 4 rings (SSSR count). The first kappa shape index (κ1) is 16.6. The Hall–Kier alpha value is -2.84. The molecule has 1 N–H and O–H groups in total. The van der Waals surface area contributed by atoms with E-state index in [1.54, 1.807) is 22.1 Å². The number of anilines is 1. The van der Waals surface area contributed by atoms with Gasteiger partial charge in [-0.3, -0.25) is 4.79 Å². The molecular weight excluding hydrogens is 371 g/mol. The largest absolute Gasteiger partial charge is 0.306 e. The number of halogens is 1. The molecule has 0 spiro atoms. The van der Waals surface area contributed by atoms with E-state index >= 15 is 0 Å². The number of hydrogen-bond acceptors (Lipinski definition) is 5. The molecule has 3 aromatic heterocycles. The van der Waals surface area contributed by atoms with Crippen LogP contribution in [0.4, 0.5) is 10.2 Å². The van der Waals surface area contributed by atoms with Crippen LogP contribution in [0.25, 0.3) is 15.7 Å². The lowest BCUT2D eigenvalue weighted by atomic mass is 10.2. The van der Waals surface area contributed by atoms with E-state index in [-0.39, 0.29) is 11.7 Å². The lowest BCUT2D eigenvalue weighted by Crippen LogP contribution is -2.15. The number of amides is 1. The van der Waals surface area contributed by atoms with Crippen molar-refractivity contribution in [3.63, 3.8) is 0 Å². The summed E-state index contributed by atoms with van der Waals surface area (Å²) in [6.07, 6.45) is 0. The van der Waals surface area contributed by atoms with Crippen molar-refractivity contribution in [1.82, 2.24) is 14.8 Å². The minimum atomic E-state index is -0.383. The van der Waals surface area contributed by atoms with Crippen LogP contribution < -0.4 is 5.32 Å². The van der Waals surface area contributed by atoms with E-state index in [9.17, 15) is 9.18 Å². The maximum Gasteiger partial charge on any atom is 0.256 e. The van der Waals surface area contributed by atoms with Crippen LogP contribution in [-0.2, 0) is 0 Å². The zero-order chi connectivity index (χ0) is 18.1. The van der Waals surface area contributed by atoms with Crippen molar-refractivity contribution in [2.75, 3.05) is 5.32 Å².